The van der Waals surface area contributed by atoms with E-state index in [-0.39, 0.29) is 12.1 Å². The van der Waals surface area contributed by atoms with Crippen molar-refractivity contribution in [2.24, 2.45) is 0 Å². The van der Waals surface area contributed by atoms with Crippen molar-refractivity contribution >= 4 is 6.09 Å². The highest BCUT2D eigenvalue weighted by Gasteiger charge is 2.31. The Morgan fingerprint density at radius 3 is 2.83 bits per heavy atom. The average Bonchev–Trinajstić information content (AvgIpc) is 2.80. The molecule has 0 radical (unpaired) electrons. The standard InChI is InChI=1S/C14H19NO3/c1-14(2,3)18-13(16)15-9-5-4-7-11(15)12-8-6-10-17-12/h4-6,8,10-11H,7,9H2,1-3H3. The summed E-state index contributed by atoms with van der Waals surface area (Å²) in [5.41, 5.74) is -0.480. The van der Waals surface area contributed by atoms with Gasteiger partial charge in [-0.2, -0.15) is 0 Å². The molecule has 4 heteroatoms. The first kappa shape index (κ1) is 12.7. The summed E-state index contributed by atoms with van der Waals surface area (Å²) in [7, 11) is 0. The van der Waals surface area contributed by atoms with Gasteiger partial charge in [0.15, 0.2) is 0 Å². The fourth-order valence-corrected chi connectivity index (χ4v) is 1.94. The van der Waals surface area contributed by atoms with Crippen LogP contribution in [0.25, 0.3) is 0 Å². The molecule has 1 atom stereocenters. The molecule has 98 valence electrons. The fourth-order valence-electron chi connectivity index (χ4n) is 1.94. The summed E-state index contributed by atoms with van der Waals surface area (Å²) in [6.07, 6.45) is 6.12. The molecule has 0 saturated carbocycles. The van der Waals surface area contributed by atoms with Gasteiger partial charge in [-0.05, 0) is 39.3 Å². The predicted octanol–water partition coefficient (Wildman–Crippen LogP) is 3.52. The van der Waals surface area contributed by atoms with Crippen molar-refractivity contribution in [2.75, 3.05) is 6.54 Å². The molecule has 1 aromatic rings. The first-order chi connectivity index (χ1) is 8.47. The van der Waals surface area contributed by atoms with Crippen LogP contribution >= 0.6 is 0 Å². The van der Waals surface area contributed by atoms with Gasteiger partial charge in [-0.25, -0.2) is 4.79 Å². The topological polar surface area (TPSA) is 42.7 Å². The SMILES string of the molecule is CC(C)(C)OC(=O)N1CC=CCC1c1ccco1. The molecule has 0 aliphatic carbocycles. The summed E-state index contributed by atoms with van der Waals surface area (Å²) in [6.45, 7) is 6.16. The van der Waals surface area contributed by atoms with E-state index in [0.717, 1.165) is 12.2 Å². The second-order valence-electron chi connectivity index (χ2n) is 5.37. The lowest BCUT2D eigenvalue weighted by atomic mass is 10.1. The minimum absolute atomic E-state index is 0.0696. The molecule has 0 spiro atoms. The Labute approximate surface area is 107 Å². The van der Waals surface area contributed by atoms with Gasteiger partial charge in [0.1, 0.15) is 11.4 Å². The third-order valence-corrected chi connectivity index (χ3v) is 2.70. The van der Waals surface area contributed by atoms with E-state index in [1.165, 1.54) is 0 Å². The van der Waals surface area contributed by atoms with E-state index in [1.807, 2.05) is 39.0 Å². The maximum Gasteiger partial charge on any atom is 0.411 e. The van der Waals surface area contributed by atoms with E-state index in [1.54, 1.807) is 11.2 Å². The Balaban J connectivity index is 2.14. The van der Waals surface area contributed by atoms with Crippen LogP contribution in [0.3, 0.4) is 0 Å². The molecule has 0 fully saturated rings. The van der Waals surface area contributed by atoms with Crippen LogP contribution in [-0.2, 0) is 4.74 Å². The maximum absolute atomic E-state index is 12.1. The number of furan rings is 1. The van der Waals surface area contributed by atoms with Crippen LogP contribution < -0.4 is 0 Å². The lowest BCUT2D eigenvalue weighted by molar-refractivity contribution is 0.0155. The zero-order valence-electron chi connectivity index (χ0n) is 11.1. The highest BCUT2D eigenvalue weighted by atomic mass is 16.6. The number of hydrogen-bond donors (Lipinski definition) is 0. The second-order valence-corrected chi connectivity index (χ2v) is 5.37. The zero-order chi connectivity index (χ0) is 13.2. The molecule has 1 amide bonds. The van der Waals surface area contributed by atoms with Crippen molar-refractivity contribution in [2.45, 2.75) is 38.8 Å². The summed E-state index contributed by atoms with van der Waals surface area (Å²) >= 11 is 0. The first-order valence-corrected chi connectivity index (χ1v) is 6.15. The molecule has 0 N–H and O–H groups in total. The number of rotatable bonds is 1. The third kappa shape index (κ3) is 2.94. The van der Waals surface area contributed by atoms with Crippen LogP contribution in [0.2, 0.25) is 0 Å². The number of carbonyl (C=O) groups is 1. The minimum Gasteiger partial charge on any atom is -0.467 e. The van der Waals surface area contributed by atoms with E-state index in [0.29, 0.717) is 6.54 Å². The van der Waals surface area contributed by atoms with Crippen molar-refractivity contribution in [3.8, 4) is 0 Å². The molecule has 2 heterocycles. The smallest absolute Gasteiger partial charge is 0.411 e. The number of amides is 1. The summed E-state index contributed by atoms with van der Waals surface area (Å²) < 4.78 is 10.8. The molecule has 2 rings (SSSR count). The average molecular weight is 249 g/mol. The lowest BCUT2D eigenvalue weighted by Crippen LogP contribution is -2.40. The van der Waals surface area contributed by atoms with Gasteiger partial charge in [0.2, 0.25) is 0 Å². The summed E-state index contributed by atoms with van der Waals surface area (Å²) in [4.78, 5) is 13.8. The second kappa shape index (κ2) is 4.88. The van der Waals surface area contributed by atoms with Crippen molar-refractivity contribution in [1.29, 1.82) is 0 Å². The third-order valence-electron chi connectivity index (χ3n) is 2.70. The minimum atomic E-state index is -0.480. The maximum atomic E-state index is 12.1. The normalized spacial score (nSPS) is 19.9. The Morgan fingerprint density at radius 2 is 2.22 bits per heavy atom. The van der Waals surface area contributed by atoms with Crippen LogP contribution in [0.5, 0.6) is 0 Å². The van der Waals surface area contributed by atoms with Crippen molar-refractivity contribution in [1.82, 2.24) is 4.90 Å². The molecular weight excluding hydrogens is 230 g/mol. The van der Waals surface area contributed by atoms with E-state index in [9.17, 15) is 4.79 Å². The highest BCUT2D eigenvalue weighted by Crippen LogP contribution is 2.29. The molecule has 0 saturated heterocycles. The van der Waals surface area contributed by atoms with Gasteiger partial charge in [0.05, 0.1) is 12.3 Å². The van der Waals surface area contributed by atoms with E-state index in [4.69, 9.17) is 9.15 Å². The van der Waals surface area contributed by atoms with Crippen LogP contribution in [0.4, 0.5) is 4.79 Å². The Morgan fingerprint density at radius 1 is 1.44 bits per heavy atom. The van der Waals surface area contributed by atoms with Gasteiger partial charge < -0.3 is 9.15 Å². The van der Waals surface area contributed by atoms with Crippen LogP contribution in [0.15, 0.2) is 35.0 Å². The largest absolute Gasteiger partial charge is 0.467 e. The molecule has 18 heavy (non-hydrogen) atoms. The zero-order valence-corrected chi connectivity index (χ0v) is 11.1. The number of hydrogen-bond acceptors (Lipinski definition) is 3. The van der Waals surface area contributed by atoms with Gasteiger partial charge in [-0.3, -0.25) is 4.90 Å². The summed E-state index contributed by atoms with van der Waals surface area (Å²) in [5, 5.41) is 0. The van der Waals surface area contributed by atoms with Crippen LogP contribution in [-0.4, -0.2) is 23.1 Å². The highest BCUT2D eigenvalue weighted by molar-refractivity contribution is 5.69. The van der Waals surface area contributed by atoms with Gasteiger partial charge in [-0.15, -0.1) is 0 Å². The predicted molar refractivity (Wildman–Crippen MR) is 68.1 cm³/mol. The van der Waals surface area contributed by atoms with Gasteiger partial charge >= 0.3 is 6.09 Å². The Bertz CT molecular complexity index is 428. The van der Waals surface area contributed by atoms with Crippen LogP contribution in [0, 0.1) is 0 Å². The van der Waals surface area contributed by atoms with Gasteiger partial charge in [-0.1, -0.05) is 12.2 Å². The molecule has 0 aromatic carbocycles. The molecule has 1 unspecified atom stereocenters. The quantitative estimate of drug-likeness (QED) is 0.715. The summed E-state index contributed by atoms with van der Waals surface area (Å²) in [5.74, 6) is 0.796. The fraction of sp³-hybridized carbons (Fsp3) is 0.500. The van der Waals surface area contributed by atoms with E-state index in [2.05, 4.69) is 6.08 Å². The lowest BCUT2D eigenvalue weighted by Gasteiger charge is -2.33. The molecule has 1 aliphatic rings. The Kier molecular flexibility index (Phi) is 3.45. The van der Waals surface area contributed by atoms with E-state index >= 15 is 0 Å². The number of ether oxygens (including phenoxy) is 1. The molecule has 1 aliphatic heterocycles. The van der Waals surface area contributed by atoms with Crippen LogP contribution in [0.1, 0.15) is 39.0 Å². The number of carbonyl (C=O) groups excluding carboxylic acids is 1. The molecule has 0 bridgehead atoms. The van der Waals surface area contributed by atoms with Crippen molar-refractivity contribution in [3.05, 3.63) is 36.3 Å². The number of nitrogens with zero attached hydrogens (tertiary/aromatic N) is 1. The monoisotopic (exact) mass is 249 g/mol. The Hall–Kier alpha value is -1.71. The van der Waals surface area contributed by atoms with E-state index < -0.39 is 5.60 Å². The van der Waals surface area contributed by atoms with Crippen molar-refractivity contribution < 1.29 is 13.9 Å². The van der Waals surface area contributed by atoms with Gasteiger partial charge in [0.25, 0.3) is 0 Å². The summed E-state index contributed by atoms with van der Waals surface area (Å²) in [6, 6.07) is 3.65. The van der Waals surface area contributed by atoms with Crippen molar-refractivity contribution in [3.63, 3.8) is 0 Å². The first-order valence-electron chi connectivity index (χ1n) is 6.15. The van der Waals surface area contributed by atoms with Gasteiger partial charge in [0, 0.05) is 6.54 Å². The molecular formula is C14H19NO3. The molecule has 4 nitrogen and oxygen atoms in total. The molecule has 1 aromatic heterocycles.